The van der Waals surface area contributed by atoms with Gasteiger partial charge in [-0.15, -0.1) is 0 Å². The molecule has 0 radical (unpaired) electrons. The van der Waals surface area contributed by atoms with Crippen molar-refractivity contribution in [3.63, 3.8) is 0 Å². The first-order valence-corrected chi connectivity index (χ1v) is 6.10. The van der Waals surface area contributed by atoms with E-state index in [4.69, 9.17) is 5.73 Å². The third kappa shape index (κ3) is 4.45. The van der Waals surface area contributed by atoms with Crippen LogP contribution in [-0.2, 0) is 14.4 Å². The third-order valence-corrected chi connectivity index (χ3v) is 2.61. The molecule has 1 aromatic carbocycles. The maximum Gasteiger partial charge on any atom is 0.246 e. The van der Waals surface area contributed by atoms with Gasteiger partial charge in [0, 0.05) is 5.69 Å². The topological polar surface area (TPSA) is 105 Å². The number of carbonyl (C=O) groups is 3. The summed E-state index contributed by atoms with van der Waals surface area (Å²) < 4.78 is 0. The molecule has 0 aromatic heterocycles. The number of nitrogens with two attached hydrogens (primary N) is 1. The average Bonchev–Trinajstić information content (AvgIpc) is 2.44. The van der Waals surface area contributed by atoms with Gasteiger partial charge in [-0.3, -0.25) is 15.0 Å². The summed E-state index contributed by atoms with van der Waals surface area (Å²) in [6.45, 7) is -0.0937. The number of anilines is 1. The van der Waals surface area contributed by atoms with Gasteiger partial charge in [0.05, 0.1) is 13.0 Å². The van der Waals surface area contributed by atoms with Gasteiger partial charge in [0.15, 0.2) is 0 Å². The highest BCUT2D eigenvalue weighted by Gasteiger charge is 2.26. The second-order valence-corrected chi connectivity index (χ2v) is 4.07. The van der Waals surface area contributed by atoms with Crippen molar-refractivity contribution >= 4 is 23.8 Å². The van der Waals surface area contributed by atoms with Crippen molar-refractivity contribution in [3.8, 4) is 0 Å². The van der Waals surface area contributed by atoms with Crippen LogP contribution in [0.4, 0.5) is 5.69 Å². The lowest BCUT2D eigenvalue weighted by Crippen LogP contribution is -2.52. The zero-order chi connectivity index (χ0) is 15.0. The molecule has 4 N–H and O–H groups in total. The fourth-order valence-electron chi connectivity index (χ4n) is 1.77. The molecule has 0 aliphatic carbocycles. The number of primary amides is 1. The highest BCUT2D eigenvalue weighted by molar-refractivity contribution is 6.01. The molecule has 0 aliphatic rings. The Morgan fingerprint density at radius 1 is 1.35 bits per heavy atom. The van der Waals surface area contributed by atoms with E-state index in [0.717, 1.165) is 0 Å². The van der Waals surface area contributed by atoms with Crippen LogP contribution in [0, 0.1) is 0 Å². The number of para-hydroxylation sites is 1. The molecule has 7 heteroatoms. The number of carbonyl (C=O) groups excluding carboxylic acids is 3. The zero-order valence-electron chi connectivity index (χ0n) is 11.2. The predicted octanol–water partition coefficient (Wildman–Crippen LogP) is -0.813. The molecule has 1 rings (SSSR count). The van der Waals surface area contributed by atoms with Crippen molar-refractivity contribution in [2.24, 2.45) is 5.73 Å². The van der Waals surface area contributed by atoms with Gasteiger partial charge in [0.25, 0.3) is 0 Å². The van der Waals surface area contributed by atoms with Gasteiger partial charge in [-0.2, -0.15) is 0 Å². The maximum atomic E-state index is 12.4. The van der Waals surface area contributed by atoms with Crippen molar-refractivity contribution in [1.82, 2.24) is 10.9 Å². The molecule has 0 saturated heterocycles. The molecule has 0 fully saturated rings. The molecule has 2 amide bonds. The SMILES string of the molecule is CNNC(CC(N)=O)C(=O)N(CC=O)c1ccccc1. The van der Waals surface area contributed by atoms with Crippen molar-refractivity contribution in [3.05, 3.63) is 30.3 Å². The molecule has 0 aliphatic heterocycles. The van der Waals surface area contributed by atoms with Gasteiger partial charge in [0.1, 0.15) is 12.3 Å². The standard InChI is InChI=1S/C13H18N4O3/c1-15-16-11(9-12(14)19)13(20)17(7-8-18)10-5-3-2-4-6-10/h2-6,8,11,15-16H,7,9H2,1H3,(H2,14,19). The van der Waals surface area contributed by atoms with E-state index in [0.29, 0.717) is 12.0 Å². The lowest BCUT2D eigenvalue weighted by molar-refractivity contribution is -0.126. The molecule has 1 aromatic rings. The van der Waals surface area contributed by atoms with E-state index < -0.39 is 17.9 Å². The number of hydrogen-bond acceptors (Lipinski definition) is 5. The van der Waals surface area contributed by atoms with E-state index in [1.54, 1.807) is 37.4 Å². The van der Waals surface area contributed by atoms with Crippen LogP contribution in [0.5, 0.6) is 0 Å². The van der Waals surface area contributed by atoms with E-state index in [9.17, 15) is 14.4 Å². The van der Waals surface area contributed by atoms with Crippen LogP contribution < -0.4 is 21.5 Å². The Bertz CT molecular complexity index is 464. The molecular weight excluding hydrogens is 260 g/mol. The normalized spacial score (nSPS) is 11.7. The Morgan fingerprint density at radius 3 is 2.50 bits per heavy atom. The molecule has 1 atom stereocenters. The minimum Gasteiger partial charge on any atom is -0.370 e. The van der Waals surface area contributed by atoms with Gasteiger partial charge in [0.2, 0.25) is 11.8 Å². The van der Waals surface area contributed by atoms with Gasteiger partial charge < -0.3 is 15.4 Å². The van der Waals surface area contributed by atoms with Crippen LogP contribution in [-0.4, -0.2) is 37.7 Å². The Labute approximate surface area is 117 Å². The molecule has 0 heterocycles. The summed E-state index contributed by atoms with van der Waals surface area (Å²) in [6, 6.07) is 7.91. The molecule has 0 spiro atoms. The van der Waals surface area contributed by atoms with Crippen molar-refractivity contribution < 1.29 is 14.4 Å². The first-order valence-electron chi connectivity index (χ1n) is 6.10. The second-order valence-electron chi connectivity index (χ2n) is 4.07. The molecular formula is C13H18N4O3. The maximum absolute atomic E-state index is 12.4. The fraction of sp³-hybridized carbons (Fsp3) is 0.308. The smallest absolute Gasteiger partial charge is 0.246 e. The highest BCUT2D eigenvalue weighted by Crippen LogP contribution is 2.14. The summed E-state index contributed by atoms with van der Waals surface area (Å²) in [5.41, 5.74) is 11.0. The molecule has 108 valence electrons. The van der Waals surface area contributed by atoms with Crippen molar-refractivity contribution in [2.45, 2.75) is 12.5 Å². The quantitative estimate of drug-likeness (QED) is 0.426. The largest absolute Gasteiger partial charge is 0.370 e. The van der Waals surface area contributed by atoms with E-state index in [1.807, 2.05) is 0 Å². The number of hydrogen-bond donors (Lipinski definition) is 3. The molecule has 7 nitrogen and oxygen atoms in total. The van der Waals surface area contributed by atoms with E-state index in [1.165, 1.54) is 4.90 Å². The van der Waals surface area contributed by atoms with Crippen LogP contribution >= 0.6 is 0 Å². The van der Waals surface area contributed by atoms with Crippen LogP contribution in [0.25, 0.3) is 0 Å². The summed E-state index contributed by atoms with van der Waals surface area (Å²) >= 11 is 0. The molecule has 0 bridgehead atoms. The average molecular weight is 278 g/mol. The first-order chi connectivity index (χ1) is 9.60. The number of nitrogens with one attached hydrogen (secondary N) is 2. The molecule has 0 saturated carbocycles. The van der Waals surface area contributed by atoms with Crippen molar-refractivity contribution in [1.29, 1.82) is 0 Å². The van der Waals surface area contributed by atoms with Crippen LogP contribution in [0.15, 0.2) is 30.3 Å². The van der Waals surface area contributed by atoms with Crippen molar-refractivity contribution in [2.75, 3.05) is 18.5 Å². The van der Waals surface area contributed by atoms with E-state index >= 15 is 0 Å². The summed E-state index contributed by atoms with van der Waals surface area (Å²) in [7, 11) is 1.58. The lowest BCUT2D eigenvalue weighted by Gasteiger charge is -2.25. The first kappa shape index (κ1) is 15.8. The number of benzene rings is 1. The van der Waals surface area contributed by atoms with Gasteiger partial charge in [-0.05, 0) is 19.2 Å². The zero-order valence-corrected chi connectivity index (χ0v) is 11.2. The summed E-state index contributed by atoms with van der Waals surface area (Å²) in [5, 5.41) is 0. The van der Waals surface area contributed by atoms with E-state index in [-0.39, 0.29) is 13.0 Å². The Hall–Kier alpha value is -2.25. The van der Waals surface area contributed by atoms with Crippen LogP contribution in [0.1, 0.15) is 6.42 Å². The summed E-state index contributed by atoms with van der Waals surface area (Å²) in [4.78, 5) is 35.5. The van der Waals surface area contributed by atoms with Gasteiger partial charge >= 0.3 is 0 Å². The van der Waals surface area contributed by atoms with Gasteiger partial charge in [-0.25, -0.2) is 5.43 Å². The Morgan fingerprint density at radius 2 is 2.00 bits per heavy atom. The van der Waals surface area contributed by atoms with Crippen LogP contribution in [0.2, 0.25) is 0 Å². The second kappa shape index (κ2) is 8.03. The molecule has 1 unspecified atom stereocenters. The van der Waals surface area contributed by atoms with Gasteiger partial charge in [-0.1, -0.05) is 18.2 Å². The number of nitrogens with zero attached hydrogens (tertiary/aromatic N) is 1. The number of amides is 2. The fourth-order valence-corrected chi connectivity index (χ4v) is 1.77. The highest BCUT2D eigenvalue weighted by atomic mass is 16.2. The summed E-state index contributed by atoms with van der Waals surface area (Å²) in [5.74, 6) is -1.01. The Kier molecular flexibility index (Phi) is 6.34. The minimum absolute atomic E-state index is 0.0937. The van der Waals surface area contributed by atoms with Crippen LogP contribution in [0.3, 0.4) is 0 Å². The number of rotatable bonds is 8. The summed E-state index contributed by atoms with van der Waals surface area (Å²) in [6.07, 6.45) is 0.466. The minimum atomic E-state index is -0.836. The number of hydrazine groups is 1. The number of aldehydes is 1. The van der Waals surface area contributed by atoms with E-state index in [2.05, 4.69) is 10.9 Å². The third-order valence-electron chi connectivity index (χ3n) is 2.61. The monoisotopic (exact) mass is 278 g/mol. The molecule has 20 heavy (non-hydrogen) atoms. The Balaban J connectivity index is 2.96. The predicted molar refractivity (Wildman–Crippen MR) is 74.7 cm³/mol. The lowest BCUT2D eigenvalue weighted by atomic mass is 10.1.